The van der Waals surface area contributed by atoms with Gasteiger partial charge in [0.1, 0.15) is 11.4 Å². The zero-order valence-electron chi connectivity index (χ0n) is 10.1. The van der Waals surface area contributed by atoms with E-state index in [2.05, 4.69) is 15.0 Å². The van der Waals surface area contributed by atoms with Crippen LogP contribution in [-0.2, 0) is 11.2 Å². The molecule has 3 heterocycles. The lowest BCUT2D eigenvalue weighted by molar-refractivity contribution is -0.136. The van der Waals surface area contributed by atoms with Crippen LogP contribution in [-0.4, -0.2) is 30.4 Å². The van der Waals surface area contributed by atoms with Gasteiger partial charge < -0.3 is 5.11 Å². The number of thiazole rings is 1. The molecule has 3 aromatic heterocycles. The molecule has 6 nitrogen and oxygen atoms in total. The first kappa shape index (κ1) is 11.8. The molecule has 3 rings (SSSR count). The second-order valence-electron chi connectivity index (χ2n) is 4.07. The highest BCUT2D eigenvalue weighted by molar-refractivity contribution is 7.15. The maximum atomic E-state index is 10.8. The molecule has 0 aliphatic carbocycles. The Bertz CT molecular complexity index is 762. The van der Waals surface area contributed by atoms with Gasteiger partial charge in [0.25, 0.3) is 0 Å². The highest BCUT2D eigenvalue weighted by Gasteiger charge is 2.13. The fourth-order valence-corrected chi connectivity index (χ4v) is 2.76. The van der Waals surface area contributed by atoms with Crippen molar-refractivity contribution in [3.63, 3.8) is 0 Å². The number of aliphatic carboxylic acids is 1. The molecule has 0 saturated heterocycles. The summed E-state index contributed by atoms with van der Waals surface area (Å²) in [6.45, 7) is 1.87. The summed E-state index contributed by atoms with van der Waals surface area (Å²) >= 11 is 1.42. The summed E-state index contributed by atoms with van der Waals surface area (Å²) in [5, 5.41) is 10.7. The molecule has 0 aliphatic heterocycles. The number of fused-ring (bicyclic) bond motifs is 1. The Labute approximate surface area is 112 Å². The second-order valence-corrected chi connectivity index (χ2v) is 4.90. The monoisotopic (exact) mass is 274 g/mol. The second kappa shape index (κ2) is 4.43. The van der Waals surface area contributed by atoms with Crippen LogP contribution in [0, 0.1) is 6.92 Å². The summed E-state index contributed by atoms with van der Waals surface area (Å²) in [7, 11) is 0. The van der Waals surface area contributed by atoms with Crippen molar-refractivity contribution >= 4 is 22.3 Å². The lowest BCUT2D eigenvalue weighted by Crippen LogP contribution is -2.02. The van der Waals surface area contributed by atoms with Crippen molar-refractivity contribution in [2.24, 2.45) is 0 Å². The lowest BCUT2D eigenvalue weighted by atomic mass is 10.2. The highest BCUT2D eigenvalue weighted by atomic mass is 32.1. The predicted molar refractivity (Wildman–Crippen MR) is 70.2 cm³/mol. The minimum Gasteiger partial charge on any atom is -0.481 e. The number of rotatable bonds is 3. The molecule has 0 aromatic carbocycles. The zero-order valence-corrected chi connectivity index (χ0v) is 10.9. The molecular formula is C12H10N4O2S. The Morgan fingerprint density at radius 1 is 1.42 bits per heavy atom. The molecular weight excluding hydrogens is 264 g/mol. The fraction of sp³-hybridized carbons (Fsp3) is 0.167. The van der Waals surface area contributed by atoms with Gasteiger partial charge in [-0.25, -0.2) is 4.98 Å². The highest BCUT2D eigenvalue weighted by Crippen LogP contribution is 2.23. The number of imidazole rings is 1. The topological polar surface area (TPSA) is 80.4 Å². The van der Waals surface area contributed by atoms with Crippen LogP contribution in [0.2, 0.25) is 0 Å². The van der Waals surface area contributed by atoms with Crippen LogP contribution in [0.15, 0.2) is 24.0 Å². The van der Waals surface area contributed by atoms with Gasteiger partial charge >= 0.3 is 5.97 Å². The quantitative estimate of drug-likeness (QED) is 0.787. The third-order valence-electron chi connectivity index (χ3n) is 2.74. The molecule has 0 spiro atoms. The largest absolute Gasteiger partial charge is 0.481 e. The van der Waals surface area contributed by atoms with Gasteiger partial charge in [0, 0.05) is 29.7 Å². The van der Waals surface area contributed by atoms with Crippen molar-refractivity contribution in [2.75, 3.05) is 0 Å². The zero-order chi connectivity index (χ0) is 13.4. The Hall–Kier alpha value is -2.28. The van der Waals surface area contributed by atoms with Crippen molar-refractivity contribution in [1.29, 1.82) is 0 Å². The van der Waals surface area contributed by atoms with E-state index in [0.717, 1.165) is 16.3 Å². The van der Waals surface area contributed by atoms with Gasteiger partial charge in [0.15, 0.2) is 4.96 Å². The van der Waals surface area contributed by atoms with Crippen LogP contribution in [0.4, 0.5) is 0 Å². The average molecular weight is 274 g/mol. The lowest BCUT2D eigenvalue weighted by Gasteiger charge is -1.98. The third kappa shape index (κ3) is 2.08. The molecule has 3 aromatic rings. The first-order valence-electron chi connectivity index (χ1n) is 5.60. The number of aryl methyl sites for hydroxylation is 1. The van der Waals surface area contributed by atoms with Crippen molar-refractivity contribution < 1.29 is 9.90 Å². The van der Waals surface area contributed by atoms with E-state index in [4.69, 9.17) is 5.11 Å². The van der Waals surface area contributed by atoms with Gasteiger partial charge in [0.2, 0.25) is 0 Å². The van der Waals surface area contributed by atoms with Crippen LogP contribution in [0.25, 0.3) is 16.3 Å². The van der Waals surface area contributed by atoms with Gasteiger partial charge in [-0.2, -0.15) is 0 Å². The average Bonchev–Trinajstić information content (AvgIpc) is 2.91. The summed E-state index contributed by atoms with van der Waals surface area (Å²) in [5.41, 5.74) is 2.95. The Kier molecular flexibility index (Phi) is 2.75. The number of carboxylic acids is 1. The summed E-state index contributed by atoms with van der Waals surface area (Å²) in [6, 6.07) is 0. The van der Waals surface area contributed by atoms with Gasteiger partial charge in [-0.1, -0.05) is 0 Å². The van der Waals surface area contributed by atoms with Gasteiger partial charge in [0.05, 0.1) is 12.1 Å². The summed E-state index contributed by atoms with van der Waals surface area (Å²) in [4.78, 5) is 24.5. The Morgan fingerprint density at radius 3 is 2.95 bits per heavy atom. The first-order chi connectivity index (χ1) is 9.15. The van der Waals surface area contributed by atoms with Crippen LogP contribution in [0.5, 0.6) is 0 Å². The van der Waals surface area contributed by atoms with E-state index in [-0.39, 0.29) is 6.42 Å². The first-order valence-corrected chi connectivity index (χ1v) is 6.48. The number of hydrogen-bond donors (Lipinski definition) is 1. The number of aromatic nitrogens is 4. The van der Waals surface area contributed by atoms with E-state index < -0.39 is 5.97 Å². The maximum absolute atomic E-state index is 10.8. The van der Waals surface area contributed by atoms with Crippen LogP contribution in [0.3, 0.4) is 0 Å². The predicted octanol–water partition coefficient (Wildman–Crippen LogP) is 1.79. The molecule has 0 bridgehead atoms. The van der Waals surface area contributed by atoms with Crippen molar-refractivity contribution in [3.05, 3.63) is 35.4 Å². The molecule has 19 heavy (non-hydrogen) atoms. The molecule has 0 amide bonds. The van der Waals surface area contributed by atoms with Gasteiger partial charge in [-0.15, -0.1) is 11.3 Å². The van der Waals surface area contributed by atoms with E-state index in [1.54, 1.807) is 23.0 Å². The SMILES string of the molecule is Cc1nccnc1-c1cn2c(CC(=O)O)csc2n1. The molecule has 0 unspecified atom stereocenters. The van der Waals surface area contributed by atoms with E-state index in [0.29, 0.717) is 11.4 Å². The molecule has 7 heteroatoms. The van der Waals surface area contributed by atoms with Crippen LogP contribution >= 0.6 is 11.3 Å². The maximum Gasteiger partial charge on any atom is 0.309 e. The summed E-state index contributed by atoms with van der Waals surface area (Å²) in [5.74, 6) is -0.856. The van der Waals surface area contributed by atoms with E-state index >= 15 is 0 Å². The minimum absolute atomic E-state index is 0.0186. The smallest absolute Gasteiger partial charge is 0.309 e. The Morgan fingerprint density at radius 2 is 2.21 bits per heavy atom. The van der Waals surface area contributed by atoms with Crippen LogP contribution < -0.4 is 0 Å². The van der Waals surface area contributed by atoms with Crippen LogP contribution in [0.1, 0.15) is 11.4 Å². The van der Waals surface area contributed by atoms with E-state index in [1.165, 1.54) is 11.3 Å². The van der Waals surface area contributed by atoms with Crippen molar-refractivity contribution in [1.82, 2.24) is 19.4 Å². The molecule has 0 radical (unpaired) electrons. The molecule has 0 fully saturated rings. The van der Waals surface area contributed by atoms with Gasteiger partial charge in [-0.3, -0.25) is 19.2 Å². The van der Waals surface area contributed by atoms with Gasteiger partial charge in [-0.05, 0) is 6.92 Å². The van der Waals surface area contributed by atoms with Crippen molar-refractivity contribution in [3.8, 4) is 11.4 Å². The minimum atomic E-state index is -0.856. The molecule has 0 saturated carbocycles. The van der Waals surface area contributed by atoms with E-state index in [1.807, 2.05) is 12.3 Å². The number of carbonyl (C=O) groups is 1. The third-order valence-corrected chi connectivity index (χ3v) is 3.63. The van der Waals surface area contributed by atoms with E-state index in [9.17, 15) is 4.79 Å². The van der Waals surface area contributed by atoms with Crippen molar-refractivity contribution in [2.45, 2.75) is 13.3 Å². The summed E-state index contributed by atoms with van der Waals surface area (Å²) < 4.78 is 1.79. The number of hydrogen-bond acceptors (Lipinski definition) is 5. The fourth-order valence-electron chi connectivity index (χ4n) is 1.88. The number of carboxylic acid groups (broad SMARTS) is 1. The standard InChI is InChI=1S/C12H10N4O2S/c1-7-11(14-3-2-13-7)9-5-16-8(4-10(17)18)6-19-12(16)15-9/h2-3,5-6H,4H2,1H3,(H,17,18). The Balaban J connectivity index is 2.10. The summed E-state index contributed by atoms with van der Waals surface area (Å²) in [6.07, 6.45) is 5.04. The molecule has 0 aliphatic rings. The molecule has 1 N–H and O–H groups in total. The molecule has 96 valence electrons. The number of nitrogens with zero attached hydrogens (tertiary/aromatic N) is 4. The molecule has 0 atom stereocenters. The normalized spacial score (nSPS) is 11.0.